The highest BCUT2D eigenvalue weighted by atomic mass is 35.5. The molecule has 0 fully saturated rings. The number of aryl methyl sites for hydroxylation is 1. The Bertz CT molecular complexity index is 1220. The smallest absolute Gasteiger partial charge is 0.339 e. The minimum absolute atomic E-state index is 0.110. The summed E-state index contributed by atoms with van der Waals surface area (Å²) in [7, 11) is 4.05. The van der Waals surface area contributed by atoms with Crippen LogP contribution in [-0.2, 0) is 30.2 Å². The average molecular weight is 406 g/mol. The number of benzene rings is 1. The molecule has 0 spiro atoms. The van der Waals surface area contributed by atoms with Crippen molar-refractivity contribution in [1.82, 2.24) is 18.7 Å². The molecule has 1 N–H and O–H groups in total. The normalized spacial score (nSPS) is 10.9. The fourth-order valence-electron chi connectivity index (χ4n) is 2.77. The van der Waals surface area contributed by atoms with Crippen molar-refractivity contribution in [3.05, 3.63) is 56.0 Å². The summed E-state index contributed by atoms with van der Waals surface area (Å²) >= 11 is 5.94. The maximum Gasteiger partial charge on any atom is 0.339 e. The van der Waals surface area contributed by atoms with E-state index in [9.17, 15) is 19.2 Å². The Balaban J connectivity index is 1.96. The number of carbonyl (C=O) groups excluding carboxylic acids is 2. The Labute approximate surface area is 162 Å². The van der Waals surface area contributed by atoms with Crippen molar-refractivity contribution in [2.75, 3.05) is 12.4 Å². The van der Waals surface area contributed by atoms with E-state index in [4.69, 9.17) is 16.3 Å². The van der Waals surface area contributed by atoms with Crippen LogP contribution in [0.3, 0.4) is 0 Å². The number of ether oxygens (including phenoxy) is 1. The molecule has 0 aliphatic carbocycles. The van der Waals surface area contributed by atoms with Crippen LogP contribution in [0.2, 0.25) is 5.02 Å². The van der Waals surface area contributed by atoms with Crippen LogP contribution < -0.4 is 16.6 Å². The Morgan fingerprint density at radius 1 is 1.21 bits per heavy atom. The molecule has 2 aromatic heterocycles. The van der Waals surface area contributed by atoms with Crippen LogP contribution in [0.15, 0.2) is 34.1 Å². The van der Waals surface area contributed by atoms with E-state index in [-0.39, 0.29) is 29.0 Å². The monoisotopic (exact) mass is 405 g/mol. The van der Waals surface area contributed by atoms with Crippen LogP contribution in [0.5, 0.6) is 0 Å². The molecule has 3 rings (SSSR count). The van der Waals surface area contributed by atoms with Gasteiger partial charge in [-0.25, -0.2) is 14.6 Å². The summed E-state index contributed by atoms with van der Waals surface area (Å²) in [5, 5.41) is 2.90. The zero-order valence-electron chi connectivity index (χ0n) is 15.2. The summed E-state index contributed by atoms with van der Waals surface area (Å²) in [5.41, 5.74) is -0.503. The molecule has 0 saturated heterocycles. The van der Waals surface area contributed by atoms with E-state index in [1.165, 1.54) is 54.9 Å². The van der Waals surface area contributed by atoms with E-state index < -0.39 is 23.1 Å². The van der Waals surface area contributed by atoms with Gasteiger partial charge < -0.3 is 14.6 Å². The van der Waals surface area contributed by atoms with Crippen molar-refractivity contribution in [1.29, 1.82) is 0 Å². The standard InChI is InChI=1S/C17H16ClN5O5/c1-21-14-13(15(25)22(2)17(21)27)23(8-19-14)7-12(24)20-11-6-9(18)4-5-10(11)16(26)28-3/h4-6,8H,7H2,1-3H3,(H,20,24). The third kappa shape index (κ3) is 3.29. The SMILES string of the molecule is COC(=O)c1ccc(Cl)cc1NC(=O)Cn1cnc2c1c(=O)n(C)c(=O)n2C. The van der Waals surface area contributed by atoms with Gasteiger partial charge >= 0.3 is 11.7 Å². The molecular weight excluding hydrogens is 390 g/mol. The largest absolute Gasteiger partial charge is 0.465 e. The lowest BCUT2D eigenvalue weighted by atomic mass is 10.2. The number of carbonyl (C=O) groups is 2. The van der Waals surface area contributed by atoms with Crippen molar-refractivity contribution < 1.29 is 14.3 Å². The summed E-state index contributed by atoms with van der Waals surface area (Å²) in [4.78, 5) is 52.8. The minimum Gasteiger partial charge on any atom is -0.465 e. The van der Waals surface area contributed by atoms with Crippen LogP contribution in [0.1, 0.15) is 10.4 Å². The zero-order valence-corrected chi connectivity index (χ0v) is 16.0. The molecule has 28 heavy (non-hydrogen) atoms. The molecule has 0 saturated carbocycles. The molecule has 2 heterocycles. The van der Waals surface area contributed by atoms with Gasteiger partial charge in [0.1, 0.15) is 6.54 Å². The third-order valence-electron chi connectivity index (χ3n) is 4.19. The van der Waals surface area contributed by atoms with Crippen LogP contribution in [0.4, 0.5) is 5.69 Å². The van der Waals surface area contributed by atoms with Gasteiger partial charge in [0.25, 0.3) is 5.56 Å². The van der Waals surface area contributed by atoms with Crippen molar-refractivity contribution in [2.45, 2.75) is 6.54 Å². The summed E-state index contributed by atoms with van der Waals surface area (Å²) in [6.07, 6.45) is 1.30. The molecule has 0 radical (unpaired) electrons. The van der Waals surface area contributed by atoms with E-state index in [0.29, 0.717) is 5.02 Å². The first-order chi connectivity index (χ1) is 13.2. The quantitative estimate of drug-likeness (QED) is 0.632. The lowest BCUT2D eigenvalue weighted by Crippen LogP contribution is -2.37. The molecule has 0 aliphatic heterocycles. The van der Waals surface area contributed by atoms with Gasteiger partial charge in [0.15, 0.2) is 11.2 Å². The van der Waals surface area contributed by atoms with Crippen molar-refractivity contribution in [3.8, 4) is 0 Å². The second-order valence-corrected chi connectivity index (χ2v) is 6.42. The number of rotatable bonds is 4. The lowest BCUT2D eigenvalue weighted by molar-refractivity contribution is -0.116. The molecule has 1 amide bonds. The molecule has 0 bridgehead atoms. The first-order valence-electron chi connectivity index (χ1n) is 8.03. The van der Waals surface area contributed by atoms with Gasteiger partial charge in [-0.15, -0.1) is 0 Å². The Hall–Kier alpha value is -3.40. The second-order valence-electron chi connectivity index (χ2n) is 5.98. The van der Waals surface area contributed by atoms with Gasteiger partial charge in [-0.2, -0.15) is 0 Å². The first-order valence-corrected chi connectivity index (χ1v) is 8.41. The number of anilines is 1. The molecule has 0 atom stereocenters. The summed E-state index contributed by atoms with van der Waals surface area (Å²) in [6.45, 7) is -0.267. The lowest BCUT2D eigenvalue weighted by Gasteiger charge is -2.11. The van der Waals surface area contributed by atoms with Gasteiger partial charge in [-0.3, -0.25) is 18.7 Å². The maximum atomic E-state index is 12.5. The van der Waals surface area contributed by atoms with Crippen molar-refractivity contribution in [2.24, 2.45) is 14.1 Å². The topological polar surface area (TPSA) is 117 Å². The number of aromatic nitrogens is 4. The number of nitrogens with one attached hydrogen (secondary N) is 1. The van der Waals surface area contributed by atoms with Crippen LogP contribution in [0, 0.1) is 0 Å². The summed E-state index contributed by atoms with van der Waals surface area (Å²) < 4.78 is 8.17. The number of imidazole rings is 1. The van der Waals surface area contributed by atoms with Gasteiger partial charge in [0, 0.05) is 19.1 Å². The second kappa shape index (κ2) is 7.31. The Kier molecular flexibility index (Phi) is 5.06. The highest BCUT2D eigenvalue weighted by molar-refractivity contribution is 6.31. The maximum absolute atomic E-state index is 12.5. The molecule has 1 aromatic carbocycles. The van der Waals surface area contributed by atoms with E-state index in [0.717, 1.165) is 4.57 Å². The first kappa shape index (κ1) is 19.4. The number of methoxy groups -OCH3 is 1. The summed E-state index contributed by atoms with van der Waals surface area (Å²) in [5.74, 6) is -1.16. The predicted molar refractivity (Wildman–Crippen MR) is 102 cm³/mol. The van der Waals surface area contributed by atoms with E-state index in [1.54, 1.807) is 0 Å². The predicted octanol–water partition coefficient (Wildman–Crippen LogP) is 0.512. The Morgan fingerprint density at radius 2 is 1.93 bits per heavy atom. The molecule has 146 valence electrons. The van der Waals surface area contributed by atoms with Crippen LogP contribution in [0.25, 0.3) is 11.2 Å². The average Bonchev–Trinajstić information content (AvgIpc) is 3.07. The molecular formula is C17H16ClN5O5. The number of amides is 1. The van der Waals surface area contributed by atoms with E-state index in [2.05, 4.69) is 10.3 Å². The molecule has 0 aliphatic rings. The van der Waals surface area contributed by atoms with Gasteiger partial charge in [0.2, 0.25) is 5.91 Å². The molecule has 11 heteroatoms. The third-order valence-corrected chi connectivity index (χ3v) is 4.43. The van der Waals surface area contributed by atoms with Gasteiger partial charge in [0.05, 0.1) is 24.7 Å². The minimum atomic E-state index is -0.635. The van der Waals surface area contributed by atoms with E-state index >= 15 is 0 Å². The van der Waals surface area contributed by atoms with Gasteiger partial charge in [-0.05, 0) is 18.2 Å². The highest BCUT2D eigenvalue weighted by Gasteiger charge is 2.18. The number of hydrogen-bond acceptors (Lipinski definition) is 6. The zero-order chi connectivity index (χ0) is 20.6. The number of hydrogen-bond donors (Lipinski definition) is 1. The van der Waals surface area contributed by atoms with Gasteiger partial charge in [-0.1, -0.05) is 11.6 Å². The molecule has 10 nitrogen and oxygen atoms in total. The van der Waals surface area contributed by atoms with Crippen molar-refractivity contribution in [3.63, 3.8) is 0 Å². The number of nitrogens with zero attached hydrogens (tertiary/aromatic N) is 4. The summed E-state index contributed by atoms with van der Waals surface area (Å²) in [6, 6.07) is 4.35. The van der Waals surface area contributed by atoms with Crippen LogP contribution >= 0.6 is 11.6 Å². The van der Waals surface area contributed by atoms with Crippen LogP contribution in [-0.4, -0.2) is 37.7 Å². The van der Waals surface area contributed by atoms with Crippen molar-refractivity contribution >= 4 is 40.3 Å². The fourth-order valence-corrected chi connectivity index (χ4v) is 2.94. The highest BCUT2D eigenvalue weighted by Crippen LogP contribution is 2.22. The Morgan fingerprint density at radius 3 is 2.61 bits per heavy atom. The van der Waals surface area contributed by atoms with E-state index in [1.807, 2.05) is 0 Å². The number of esters is 1. The number of fused-ring (bicyclic) bond motifs is 1. The fraction of sp³-hybridized carbons (Fsp3) is 0.235. The molecule has 3 aromatic rings. The molecule has 0 unspecified atom stereocenters. The number of halogens is 1.